The molecule has 3 rings (SSSR count). The number of methoxy groups -OCH3 is 1. The zero-order chi connectivity index (χ0) is 14.5. The third-order valence-corrected chi connectivity index (χ3v) is 4.32. The Bertz CT molecular complexity index is 553. The molecule has 0 spiro atoms. The number of rotatable bonds is 6. The Balaban J connectivity index is 1.61. The Labute approximate surface area is 126 Å². The minimum atomic E-state index is 0.622. The van der Waals surface area contributed by atoms with Crippen molar-refractivity contribution in [2.75, 3.05) is 20.2 Å². The van der Waals surface area contributed by atoms with E-state index in [1.54, 1.807) is 7.11 Å². The fraction of sp³-hybridized carbons (Fsp3) is 0.471. The number of benzene rings is 1. The van der Waals surface area contributed by atoms with Gasteiger partial charge in [0.25, 0.3) is 0 Å². The molecule has 1 saturated heterocycles. The van der Waals surface area contributed by atoms with E-state index in [1.165, 1.54) is 24.9 Å². The summed E-state index contributed by atoms with van der Waals surface area (Å²) in [5.74, 6) is 1.01. The van der Waals surface area contributed by atoms with Crippen molar-refractivity contribution in [3.8, 4) is 5.75 Å². The Morgan fingerprint density at radius 1 is 1.24 bits per heavy atom. The molecule has 0 amide bonds. The molecule has 0 saturated carbocycles. The van der Waals surface area contributed by atoms with Crippen LogP contribution < -0.4 is 4.74 Å². The SMILES string of the molecule is COc1ccccc1C[C@@H]1CCCN1CCn1cccn1. The summed E-state index contributed by atoms with van der Waals surface area (Å²) < 4.78 is 7.49. The van der Waals surface area contributed by atoms with E-state index in [0.29, 0.717) is 6.04 Å². The smallest absolute Gasteiger partial charge is 0.122 e. The highest BCUT2D eigenvalue weighted by molar-refractivity contribution is 5.34. The van der Waals surface area contributed by atoms with Gasteiger partial charge in [-0.3, -0.25) is 9.58 Å². The molecule has 0 bridgehead atoms. The summed E-state index contributed by atoms with van der Waals surface area (Å²) in [6, 6.07) is 11.0. The highest BCUT2D eigenvalue weighted by Crippen LogP contribution is 2.25. The average molecular weight is 285 g/mol. The van der Waals surface area contributed by atoms with Gasteiger partial charge >= 0.3 is 0 Å². The molecule has 1 atom stereocenters. The second-order valence-corrected chi connectivity index (χ2v) is 5.62. The highest BCUT2D eigenvalue weighted by atomic mass is 16.5. The summed E-state index contributed by atoms with van der Waals surface area (Å²) in [7, 11) is 1.75. The number of ether oxygens (including phenoxy) is 1. The largest absolute Gasteiger partial charge is 0.496 e. The number of hydrogen-bond acceptors (Lipinski definition) is 3. The van der Waals surface area contributed by atoms with Crippen LogP contribution in [0, 0.1) is 0 Å². The number of nitrogens with zero attached hydrogens (tertiary/aromatic N) is 3. The first-order valence-electron chi connectivity index (χ1n) is 7.70. The number of aromatic nitrogens is 2. The van der Waals surface area contributed by atoms with Gasteiger partial charge in [-0.25, -0.2) is 0 Å². The topological polar surface area (TPSA) is 30.3 Å². The van der Waals surface area contributed by atoms with Crippen molar-refractivity contribution in [1.29, 1.82) is 0 Å². The fourth-order valence-corrected chi connectivity index (χ4v) is 3.21. The maximum atomic E-state index is 5.48. The van der Waals surface area contributed by atoms with Gasteiger partial charge in [0.2, 0.25) is 0 Å². The van der Waals surface area contributed by atoms with Gasteiger partial charge in [-0.2, -0.15) is 5.10 Å². The van der Waals surface area contributed by atoms with Crippen LogP contribution in [0.2, 0.25) is 0 Å². The molecule has 1 aromatic heterocycles. The second kappa shape index (κ2) is 6.76. The van der Waals surface area contributed by atoms with E-state index in [1.807, 2.05) is 29.2 Å². The lowest BCUT2D eigenvalue weighted by Crippen LogP contribution is -2.34. The van der Waals surface area contributed by atoms with Crippen molar-refractivity contribution in [2.24, 2.45) is 0 Å². The van der Waals surface area contributed by atoms with Gasteiger partial charge in [-0.05, 0) is 43.5 Å². The zero-order valence-corrected chi connectivity index (χ0v) is 12.6. The molecule has 1 fully saturated rings. The molecule has 0 aliphatic carbocycles. The summed E-state index contributed by atoms with van der Waals surface area (Å²) in [4.78, 5) is 2.59. The van der Waals surface area contributed by atoms with Gasteiger partial charge in [0.1, 0.15) is 5.75 Å². The van der Waals surface area contributed by atoms with Gasteiger partial charge in [0, 0.05) is 25.0 Å². The third-order valence-electron chi connectivity index (χ3n) is 4.32. The first kappa shape index (κ1) is 14.1. The minimum Gasteiger partial charge on any atom is -0.496 e. The van der Waals surface area contributed by atoms with Gasteiger partial charge in [0.15, 0.2) is 0 Å². The van der Waals surface area contributed by atoms with E-state index in [4.69, 9.17) is 4.74 Å². The lowest BCUT2D eigenvalue weighted by Gasteiger charge is -2.25. The number of likely N-dealkylation sites (tertiary alicyclic amines) is 1. The van der Waals surface area contributed by atoms with Crippen LogP contribution in [-0.2, 0) is 13.0 Å². The molecular weight excluding hydrogens is 262 g/mol. The predicted molar refractivity (Wildman–Crippen MR) is 83.5 cm³/mol. The Kier molecular flexibility index (Phi) is 4.55. The van der Waals surface area contributed by atoms with E-state index >= 15 is 0 Å². The van der Waals surface area contributed by atoms with Crippen molar-refractivity contribution >= 4 is 0 Å². The maximum Gasteiger partial charge on any atom is 0.122 e. The molecular formula is C17H23N3O. The van der Waals surface area contributed by atoms with E-state index < -0.39 is 0 Å². The van der Waals surface area contributed by atoms with E-state index in [2.05, 4.69) is 28.2 Å². The normalized spacial score (nSPS) is 19.0. The highest BCUT2D eigenvalue weighted by Gasteiger charge is 2.25. The predicted octanol–water partition coefficient (Wildman–Crippen LogP) is 2.60. The van der Waals surface area contributed by atoms with Crippen molar-refractivity contribution < 1.29 is 4.74 Å². The first-order chi connectivity index (χ1) is 10.4. The molecule has 0 unspecified atom stereocenters. The van der Waals surface area contributed by atoms with Gasteiger partial charge in [-0.15, -0.1) is 0 Å². The molecule has 1 aliphatic rings. The van der Waals surface area contributed by atoms with Crippen molar-refractivity contribution in [3.63, 3.8) is 0 Å². The van der Waals surface area contributed by atoms with Crippen molar-refractivity contribution in [2.45, 2.75) is 31.8 Å². The van der Waals surface area contributed by atoms with Gasteiger partial charge in [0.05, 0.1) is 13.7 Å². The van der Waals surface area contributed by atoms with Crippen LogP contribution in [0.15, 0.2) is 42.7 Å². The Morgan fingerprint density at radius 3 is 2.95 bits per heavy atom. The lowest BCUT2D eigenvalue weighted by atomic mass is 10.0. The molecule has 4 nitrogen and oxygen atoms in total. The molecule has 21 heavy (non-hydrogen) atoms. The standard InChI is InChI=1S/C17H23N3O/c1-21-17-8-3-2-6-15(17)14-16-7-4-10-19(16)12-13-20-11-5-9-18-20/h2-3,5-6,8-9,11,16H,4,7,10,12-14H2,1H3/t16-/m0/s1. The molecule has 112 valence electrons. The second-order valence-electron chi connectivity index (χ2n) is 5.62. The van der Waals surface area contributed by atoms with Crippen LogP contribution in [0.1, 0.15) is 18.4 Å². The molecule has 1 aromatic carbocycles. The van der Waals surface area contributed by atoms with Crippen LogP contribution in [0.4, 0.5) is 0 Å². The minimum absolute atomic E-state index is 0.622. The number of hydrogen-bond donors (Lipinski definition) is 0. The van der Waals surface area contributed by atoms with E-state index in [0.717, 1.165) is 25.3 Å². The third kappa shape index (κ3) is 3.45. The molecule has 4 heteroatoms. The van der Waals surface area contributed by atoms with Crippen LogP contribution >= 0.6 is 0 Å². The summed E-state index contributed by atoms with van der Waals surface area (Å²) in [6.45, 7) is 3.23. The zero-order valence-electron chi connectivity index (χ0n) is 12.6. The summed E-state index contributed by atoms with van der Waals surface area (Å²) >= 11 is 0. The molecule has 0 N–H and O–H groups in total. The molecule has 2 heterocycles. The van der Waals surface area contributed by atoms with Crippen LogP contribution in [0.25, 0.3) is 0 Å². The van der Waals surface area contributed by atoms with Crippen molar-refractivity contribution in [1.82, 2.24) is 14.7 Å². The van der Waals surface area contributed by atoms with Crippen LogP contribution in [0.3, 0.4) is 0 Å². The van der Waals surface area contributed by atoms with Gasteiger partial charge in [-0.1, -0.05) is 18.2 Å². The van der Waals surface area contributed by atoms with E-state index in [9.17, 15) is 0 Å². The van der Waals surface area contributed by atoms with E-state index in [-0.39, 0.29) is 0 Å². The first-order valence-corrected chi connectivity index (χ1v) is 7.70. The quantitative estimate of drug-likeness (QED) is 0.817. The Hall–Kier alpha value is -1.81. The monoisotopic (exact) mass is 285 g/mol. The molecule has 0 radical (unpaired) electrons. The number of para-hydroxylation sites is 1. The summed E-state index contributed by atoms with van der Waals surface area (Å²) in [5, 5.41) is 4.28. The molecule has 1 aliphatic heterocycles. The van der Waals surface area contributed by atoms with Crippen molar-refractivity contribution in [3.05, 3.63) is 48.3 Å². The lowest BCUT2D eigenvalue weighted by molar-refractivity contribution is 0.237. The van der Waals surface area contributed by atoms with Crippen LogP contribution in [0.5, 0.6) is 5.75 Å². The summed E-state index contributed by atoms with van der Waals surface area (Å²) in [6.07, 6.45) is 7.51. The molecule has 2 aromatic rings. The maximum absolute atomic E-state index is 5.48. The van der Waals surface area contributed by atoms with Crippen LogP contribution in [-0.4, -0.2) is 40.9 Å². The fourth-order valence-electron chi connectivity index (χ4n) is 3.21. The Morgan fingerprint density at radius 2 is 2.14 bits per heavy atom. The van der Waals surface area contributed by atoms with Gasteiger partial charge < -0.3 is 4.74 Å². The summed E-state index contributed by atoms with van der Waals surface area (Å²) in [5.41, 5.74) is 1.32. The average Bonchev–Trinajstić information content (AvgIpc) is 3.17.